The molecule has 21 heavy (non-hydrogen) atoms. The molecule has 2 nitrogen and oxygen atoms in total. The molecule has 2 atom stereocenters. The molecule has 0 saturated carbocycles. The molecule has 1 N–H and O–H groups in total. The van der Waals surface area contributed by atoms with Gasteiger partial charge >= 0.3 is 0 Å². The zero-order chi connectivity index (χ0) is 15.1. The van der Waals surface area contributed by atoms with E-state index in [4.69, 9.17) is 11.6 Å². The Kier molecular flexibility index (Phi) is 6.56. The van der Waals surface area contributed by atoms with Gasteiger partial charge in [-0.2, -0.15) is 0 Å². The van der Waals surface area contributed by atoms with E-state index in [9.17, 15) is 4.79 Å². The van der Waals surface area contributed by atoms with E-state index in [0.717, 1.165) is 45.1 Å². The molecule has 0 bridgehead atoms. The number of hydrogen-bond donors (Lipinski definition) is 1. The maximum atomic E-state index is 12.5. The van der Waals surface area contributed by atoms with E-state index in [-0.39, 0.29) is 11.8 Å². The summed E-state index contributed by atoms with van der Waals surface area (Å²) in [5, 5.41) is 3.17. The summed E-state index contributed by atoms with van der Waals surface area (Å²) in [6.07, 6.45) is 6.44. The van der Waals surface area contributed by atoms with Crippen molar-refractivity contribution in [2.24, 2.45) is 5.92 Å². The molecule has 1 aromatic carbocycles. The van der Waals surface area contributed by atoms with E-state index in [1.54, 1.807) is 0 Å². The summed E-state index contributed by atoms with van der Waals surface area (Å²) < 4.78 is 0. The Morgan fingerprint density at radius 3 is 2.95 bits per heavy atom. The fourth-order valence-electron chi connectivity index (χ4n) is 3.31. The molecule has 2 unspecified atom stereocenters. The number of hydrogen-bond acceptors (Lipinski definition) is 1. The molecule has 0 radical (unpaired) electrons. The second kappa shape index (κ2) is 8.43. The van der Waals surface area contributed by atoms with E-state index >= 15 is 0 Å². The first-order valence-electron chi connectivity index (χ1n) is 8.17. The van der Waals surface area contributed by atoms with Gasteiger partial charge in [0.15, 0.2) is 0 Å². The summed E-state index contributed by atoms with van der Waals surface area (Å²) in [5.41, 5.74) is 2.57. The lowest BCUT2D eigenvalue weighted by Crippen LogP contribution is -2.35. The Morgan fingerprint density at radius 2 is 2.19 bits per heavy atom. The number of amides is 1. The van der Waals surface area contributed by atoms with E-state index < -0.39 is 0 Å². The minimum Gasteiger partial charge on any atom is -0.355 e. The molecule has 2 rings (SSSR count). The standard InChI is InChI=1S/C18H26ClNO/c1-2-6-14(11-12-19)13-20-18(21)17-10-5-8-15-7-3-4-9-16(15)17/h3-4,7,9,14,17H,2,5-6,8,10-13H2,1H3,(H,20,21). The molecule has 0 spiro atoms. The van der Waals surface area contributed by atoms with Crippen LogP contribution in [0.2, 0.25) is 0 Å². The predicted octanol–water partition coefficient (Wildman–Crippen LogP) is 4.27. The summed E-state index contributed by atoms with van der Waals surface area (Å²) in [6, 6.07) is 8.37. The molecule has 1 aliphatic carbocycles. The first-order chi connectivity index (χ1) is 10.3. The van der Waals surface area contributed by atoms with Gasteiger partial charge < -0.3 is 5.32 Å². The van der Waals surface area contributed by atoms with Gasteiger partial charge in [-0.15, -0.1) is 11.6 Å². The molecule has 1 aliphatic rings. The first-order valence-corrected chi connectivity index (χ1v) is 8.71. The zero-order valence-electron chi connectivity index (χ0n) is 12.9. The van der Waals surface area contributed by atoms with Crippen molar-refractivity contribution in [3.8, 4) is 0 Å². The van der Waals surface area contributed by atoms with Crippen molar-refractivity contribution in [2.75, 3.05) is 12.4 Å². The fourth-order valence-corrected chi connectivity index (χ4v) is 3.61. The van der Waals surface area contributed by atoms with Crippen LogP contribution in [0.1, 0.15) is 56.1 Å². The molecular weight excluding hydrogens is 282 g/mol. The Hall–Kier alpha value is -1.02. The number of benzene rings is 1. The molecule has 116 valence electrons. The highest BCUT2D eigenvalue weighted by molar-refractivity contribution is 6.17. The van der Waals surface area contributed by atoms with Crippen LogP contribution in [0.5, 0.6) is 0 Å². The van der Waals surface area contributed by atoms with Gasteiger partial charge in [-0.25, -0.2) is 0 Å². The van der Waals surface area contributed by atoms with Crippen molar-refractivity contribution in [3.63, 3.8) is 0 Å². The molecule has 0 fully saturated rings. The number of carbonyl (C=O) groups is 1. The van der Waals surface area contributed by atoms with Crippen LogP contribution in [0, 0.1) is 5.92 Å². The van der Waals surface area contributed by atoms with Gasteiger partial charge in [-0.3, -0.25) is 4.79 Å². The summed E-state index contributed by atoms with van der Waals surface area (Å²) in [5.74, 6) is 1.41. The van der Waals surface area contributed by atoms with Gasteiger partial charge in [-0.1, -0.05) is 37.6 Å². The van der Waals surface area contributed by atoms with Crippen LogP contribution in [-0.4, -0.2) is 18.3 Å². The molecule has 0 saturated heterocycles. The second-order valence-electron chi connectivity index (χ2n) is 6.02. The van der Waals surface area contributed by atoms with Crippen LogP contribution in [0.4, 0.5) is 0 Å². The predicted molar refractivity (Wildman–Crippen MR) is 88.9 cm³/mol. The van der Waals surface area contributed by atoms with E-state index in [1.807, 2.05) is 6.07 Å². The first kappa shape index (κ1) is 16.4. The van der Waals surface area contributed by atoms with Crippen LogP contribution in [0.3, 0.4) is 0 Å². The van der Waals surface area contributed by atoms with Gasteiger partial charge in [0.25, 0.3) is 0 Å². The largest absolute Gasteiger partial charge is 0.355 e. The normalized spacial score (nSPS) is 18.9. The maximum absolute atomic E-state index is 12.5. The monoisotopic (exact) mass is 307 g/mol. The van der Waals surface area contributed by atoms with E-state index in [2.05, 4.69) is 30.4 Å². The van der Waals surface area contributed by atoms with Gasteiger partial charge in [0.1, 0.15) is 0 Å². The van der Waals surface area contributed by atoms with Crippen LogP contribution >= 0.6 is 11.6 Å². The van der Waals surface area contributed by atoms with Gasteiger partial charge in [0, 0.05) is 12.4 Å². The molecule has 0 aliphatic heterocycles. The smallest absolute Gasteiger partial charge is 0.227 e. The number of carbonyl (C=O) groups excluding carboxylic acids is 1. The summed E-state index contributed by atoms with van der Waals surface area (Å²) in [6.45, 7) is 2.94. The highest BCUT2D eigenvalue weighted by Crippen LogP contribution is 2.31. The molecular formula is C18H26ClNO. The maximum Gasteiger partial charge on any atom is 0.227 e. The molecule has 0 heterocycles. The van der Waals surface area contributed by atoms with Crippen molar-refractivity contribution in [1.82, 2.24) is 5.32 Å². The van der Waals surface area contributed by atoms with Crippen LogP contribution in [0.15, 0.2) is 24.3 Å². The van der Waals surface area contributed by atoms with Crippen molar-refractivity contribution < 1.29 is 4.79 Å². The summed E-state index contributed by atoms with van der Waals surface area (Å²) in [7, 11) is 0. The lowest BCUT2D eigenvalue weighted by molar-refractivity contribution is -0.123. The number of alkyl halides is 1. The Bertz CT molecular complexity index is 454. The van der Waals surface area contributed by atoms with Crippen molar-refractivity contribution >= 4 is 17.5 Å². The zero-order valence-corrected chi connectivity index (χ0v) is 13.7. The van der Waals surface area contributed by atoms with Gasteiger partial charge in [-0.05, 0) is 49.1 Å². The van der Waals surface area contributed by atoms with Crippen molar-refractivity contribution in [1.29, 1.82) is 0 Å². The topological polar surface area (TPSA) is 29.1 Å². The third-order valence-electron chi connectivity index (χ3n) is 4.47. The lowest BCUT2D eigenvalue weighted by atomic mass is 9.82. The van der Waals surface area contributed by atoms with Crippen LogP contribution < -0.4 is 5.32 Å². The molecule has 1 amide bonds. The highest BCUT2D eigenvalue weighted by atomic mass is 35.5. The number of aryl methyl sites for hydroxylation is 1. The minimum atomic E-state index is 0.0354. The lowest BCUT2D eigenvalue weighted by Gasteiger charge is -2.25. The number of rotatable bonds is 7. The summed E-state index contributed by atoms with van der Waals surface area (Å²) >= 11 is 5.85. The molecule has 1 aromatic rings. The number of nitrogens with one attached hydrogen (secondary N) is 1. The third kappa shape index (κ3) is 4.47. The Balaban J connectivity index is 1.95. The van der Waals surface area contributed by atoms with E-state index in [0.29, 0.717) is 11.8 Å². The van der Waals surface area contributed by atoms with Crippen LogP contribution in [-0.2, 0) is 11.2 Å². The Labute approximate surface area is 133 Å². The Morgan fingerprint density at radius 1 is 1.38 bits per heavy atom. The SMILES string of the molecule is CCCC(CCCl)CNC(=O)C1CCCc2ccccc21. The average Bonchev–Trinajstić information content (AvgIpc) is 2.52. The van der Waals surface area contributed by atoms with Crippen molar-refractivity contribution in [3.05, 3.63) is 35.4 Å². The summed E-state index contributed by atoms with van der Waals surface area (Å²) in [4.78, 5) is 12.5. The number of halogens is 1. The number of fused-ring (bicyclic) bond motifs is 1. The average molecular weight is 308 g/mol. The molecule has 3 heteroatoms. The van der Waals surface area contributed by atoms with Gasteiger partial charge in [0.05, 0.1) is 5.92 Å². The van der Waals surface area contributed by atoms with E-state index in [1.165, 1.54) is 11.1 Å². The van der Waals surface area contributed by atoms with Crippen LogP contribution in [0.25, 0.3) is 0 Å². The van der Waals surface area contributed by atoms with Crippen molar-refractivity contribution in [2.45, 2.75) is 51.4 Å². The molecule has 0 aromatic heterocycles. The minimum absolute atomic E-state index is 0.0354. The highest BCUT2D eigenvalue weighted by Gasteiger charge is 2.26. The second-order valence-corrected chi connectivity index (χ2v) is 6.40. The third-order valence-corrected chi connectivity index (χ3v) is 4.68. The van der Waals surface area contributed by atoms with Gasteiger partial charge in [0.2, 0.25) is 5.91 Å². The quantitative estimate of drug-likeness (QED) is 0.749. The fraction of sp³-hybridized carbons (Fsp3) is 0.611.